The van der Waals surface area contributed by atoms with E-state index in [2.05, 4.69) is 42.6 Å². The SMILES string of the molecule is Cc1cnc(Nc2cc(Cl)c(Br)c(CO)c2)nc1NC1CCCC1C#N. The van der Waals surface area contributed by atoms with Crippen molar-refractivity contribution in [1.82, 2.24) is 9.97 Å². The summed E-state index contributed by atoms with van der Waals surface area (Å²) in [5.74, 6) is 1.16. The summed E-state index contributed by atoms with van der Waals surface area (Å²) < 4.78 is 0.670. The maximum Gasteiger partial charge on any atom is 0.229 e. The summed E-state index contributed by atoms with van der Waals surface area (Å²) >= 11 is 9.54. The molecule has 0 spiro atoms. The first kappa shape index (κ1) is 18.9. The van der Waals surface area contributed by atoms with Gasteiger partial charge in [0.1, 0.15) is 5.82 Å². The number of nitrogens with zero attached hydrogens (tertiary/aromatic N) is 3. The van der Waals surface area contributed by atoms with Crippen LogP contribution in [0, 0.1) is 24.2 Å². The van der Waals surface area contributed by atoms with Gasteiger partial charge >= 0.3 is 0 Å². The molecule has 0 amide bonds. The number of anilines is 3. The number of benzene rings is 1. The third kappa shape index (κ3) is 4.09. The molecule has 1 aliphatic carbocycles. The van der Waals surface area contributed by atoms with Gasteiger partial charge in [0.05, 0.1) is 23.6 Å². The summed E-state index contributed by atoms with van der Waals surface area (Å²) in [5, 5.41) is 25.7. The van der Waals surface area contributed by atoms with Gasteiger partial charge in [-0.05, 0) is 59.8 Å². The highest BCUT2D eigenvalue weighted by Crippen LogP contribution is 2.32. The van der Waals surface area contributed by atoms with Gasteiger partial charge in [-0.1, -0.05) is 11.6 Å². The Hall–Kier alpha value is -1.88. The lowest BCUT2D eigenvalue weighted by atomic mass is 10.1. The molecule has 1 heterocycles. The molecular weight excluding hydrogens is 418 g/mol. The van der Waals surface area contributed by atoms with Crippen LogP contribution in [0.25, 0.3) is 0 Å². The Kier molecular flexibility index (Phi) is 5.97. The lowest BCUT2D eigenvalue weighted by Gasteiger charge is -2.18. The fourth-order valence-corrected chi connectivity index (χ4v) is 3.67. The van der Waals surface area contributed by atoms with Gasteiger partial charge < -0.3 is 15.7 Å². The molecule has 1 aromatic carbocycles. The van der Waals surface area contributed by atoms with Crippen molar-refractivity contribution in [3.05, 3.63) is 39.0 Å². The first-order valence-electron chi connectivity index (χ1n) is 8.37. The number of aliphatic hydroxyl groups is 1. The molecule has 2 unspecified atom stereocenters. The number of aryl methyl sites for hydroxylation is 1. The Morgan fingerprint density at radius 2 is 2.23 bits per heavy atom. The Bertz CT molecular complexity index is 854. The van der Waals surface area contributed by atoms with E-state index in [4.69, 9.17) is 11.6 Å². The van der Waals surface area contributed by atoms with Crippen molar-refractivity contribution in [2.45, 2.75) is 38.8 Å². The molecule has 2 atom stereocenters. The van der Waals surface area contributed by atoms with Crippen molar-refractivity contribution < 1.29 is 5.11 Å². The summed E-state index contributed by atoms with van der Waals surface area (Å²) in [6.45, 7) is 1.80. The van der Waals surface area contributed by atoms with E-state index in [-0.39, 0.29) is 18.6 Å². The molecule has 136 valence electrons. The topological polar surface area (TPSA) is 93.9 Å². The quantitative estimate of drug-likeness (QED) is 0.637. The second-order valence-electron chi connectivity index (χ2n) is 6.36. The van der Waals surface area contributed by atoms with Crippen LogP contribution in [0.4, 0.5) is 17.5 Å². The number of rotatable bonds is 5. The standard InChI is InChI=1S/C18H19BrClN5O/c1-10-8-22-18(23-13-5-12(9-26)16(19)14(20)6-13)25-17(10)24-15-4-2-3-11(15)7-21/h5-6,8,11,15,26H,2-4,9H2,1H3,(H2,22,23,24,25). The summed E-state index contributed by atoms with van der Waals surface area (Å²) in [5.41, 5.74) is 2.28. The highest BCUT2D eigenvalue weighted by molar-refractivity contribution is 9.10. The predicted octanol–water partition coefficient (Wildman–Crippen LogP) is 4.54. The molecule has 26 heavy (non-hydrogen) atoms. The van der Waals surface area contributed by atoms with Crippen molar-refractivity contribution in [2.24, 2.45) is 5.92 Å². The minimum atomic E-state index is -0.130. The molecule has 0 bridgehead atoms. The molecule has 1 saturated carbocycles. The lowest BCUT2D eigenvalue weighted by molar-refractivity contribution is 0.281. The van der Waals surface area contributed by atoms with E-state index in [0.29, 0.717) is 26.7 Å². The molecule has 1 aliphatic rings. The molecule has 0 radical (unpaired) electrons. The van der Waals surface area contributed by atoms with Gasteiger partial charge in [-0.2, -0.15) is 10.2 Å². The number of nitriles is 1. The summed E-state index contributed by atoms with van der Waals surface area (Å²) in [6, 6.07) is 6.01. The molecule has 0 aliphatic heterocycles. The largest absolute Gasteiger partial charge is 0.392 e. The van der Waals surface area contributed by atoms with E-state index >= 15 is 0 Å². The van der Waals surface area contributed by atoms with Crippen LogP contribution in [0.3, 0.4) is 0 Å². The van der Waals surface area contributed by atoms with Crippen molar-refractivity contribution >= 4 is 45.0 Å². The van der Waals surface area contributed by atoms with E-state index in [1.54, 1.807) is 18.3 Å². The fourth-order valence-electron chi connectivity index (χ4n) is 3.07. The molecule has 8 heteroatoms. The summed E-state index contributed by atoms with van der Waals surface area (Å²) in [4.78, 5) is 8.86. The first-order valence-corrected chi connectivity index (χ1v) is 9.54. The zero-order valence-corrected chi connectivity index (χ0v) is 16.6. The second kappa shape index (κ2) is 8.21. The van der Waals surface area contributed by atoms with Crippen molar-refractivity contribution in [3.8, 4) is 6.07 Å². The van der Waals surface area contributed by atoms with Crippen molar-refractivity contribution in [3.63, 3.8) is 0 Å². The van der Waals surface area contributed by atoms with Crippen LogP contribution >= 0.6 is 27.5 Å². The minimum Gasteiger partial charge on any atom is -0.392 e. The van der Waals surface area contributed by atoms with Crippen LogP contribution in [0.5, 0.6) is 0 Å². The first-order chi connectivity index (χ1) is 12.5. The van der Waals surface area contributed by atoms with Crippen LogP contribution in [-0.4, -0.2) is 21.1 Å². The maximum atomic E-state index is 9.44. The Morgan fingerprint density at radius 1 is 1.42 bits per heavy atom. The molecule has 0 saturated heterocycles. The van der Waals surface area contributed by atoms with Gasteiger partial charge in [0.2, 0.25) is 5.95 Å². The Morgan fingerprint density at radius 3 is 2.96 bits per heavy atom. The zero-order chi connectivity index (χ0) is 18.7. The smallest absolute Gasteiger partial charge is 0.229 e. The Labute approximate surface area is 165 Å². The van der Waals surface area contributed by atoms with E-state index in [1.807, 2.05) is 6.92 Å². The average molecular weight is 437 g/mol. The molecular formula is C18H19BrClN5O. The summed E-state index contributed by atoms with van der Waals surface area (Å²) in [6.07, 6.45) is 4.67. The average Bonchev–Trinajstić information content (AvgIpc) is 3.08. The highest BCUT2D eigenvalue weighted by atomic mass is 79.9. The van der Waals surface area contributed by atoms with Crippen LogP contribution in [-0.2, 0) is 6.61 Å². The summed E-state index contributed by atoms with van der Waals surface area (Å²) in [7, 11) is 0. The third-order valence-corrected chi connectivity index (χ3v) is 5.97. The van der Waals surface area contributed by atoms with Gasteiger partial charge in [0.25, 0.3) is 0 Å². The van der Waals surface area contributed by atoms with Crippen LogP contribution in [0.2, 0.25) is 5.02 Å². The fraction of sp³-hybridized carbons (Fsp3) is 0.389. The number of hydrogen-bond donors (Lipinski definition) is 3. The second-order valence-corrected chi connectivity index (χ2v) is 7.56. The van der Waals surface area contributed by atoms with Gasteiger partial charge in [-0.3, -0.25) is 0 Å². The molecule has 3 rings (SSSR count). The monoisotopic (exact) mass is 435 g/mol. The number of nitrogens with one attached hydrogen (secondary N) is 2. The van der Waals surface area contributed by atoms with Crippen LogP contribution < -0.4 is 10.6 Å². The van der Waals surface area contributed by atoms with E-state index < -0.39 is 0 Å². The lowest BCUT2D eigenvalue weighted by Crippen LogP contribution is -2.24. The van der Waals surface area contributed by atoms with E-state index in [0.717, 1.165) is 30.6 Å². The number of halogens is 2. The predicted molar refractivity (Wildman–Crippen MR) is 105 cm³/mol. The van der Waals surface area contributed by atoms with Crippen LogP contribution in [0.1, 0.15) is 30.4 Å². The van der Waals surface area contributed by atoms with Gasteiger partial charge in [-0.15, -0.1) is 0 Å². The zero-order valence-electron chi connectivity index (χ0n) is 14.3. The van der Waals surface area contributed by atoms with Gasteiger partial charge in [-0.25, -0.2) is 4.98 Å². The number of aliphatic hydroxyl groups excluding tert-OH is 1. The molecule has 1 fully saturated rings. The normalized spacial score (nSPS) is 19.2. The third-order valence-electron chi connectivity index (χ3n) is 4.51. The molecule has 3 N–H and O–H groups in total. The van der Waals surface area contributed by atoms with Crippen LogP contribution in [0.15, 0.2) is 22.8 Å². The Balaban J connectivity index is 1.82. The highest BCUT2D eigenvalue weighted by Gasteiger charge is 2.27. The molecule has 6 nitrogen and oxygen atoms in total. The number of hydrogen-bond acceptors (Lipinski definition) is 6. The molecule has 1 aromatic heterocycles. The van der Waals surface area contributed by atoms with E-state index in [9.17, 15) is 10.4 Å². The van der Waals surface area contributed by atoms with Crippen molar-refractivity contribution in [2.75, 3.05) is 10.6 Å². The van der Waals surface area contributed by atoms with Gasteiger partial charge in [0, 0.05) is 28.0 Å². The van der Waals surface area contributed by atoms with Crippen molar-refractivity contribution in [1.29, 1.82) is 5.26 Å². The maximum absolute atomic E-state index is 9.44. The molecule has 2 aromatic rings. The number of aromatic nitrogens is 2. The minimum absolute atomic E-state index is 0.0122. The van der Waals surface area contributed by atoms with Gasteiger partial charge in [0.15, 0.2) is 0 Å². The van der Waals surface area contributed by atoms with E-state index in [1.165, 1.54) is 0 Å².